The number of hydroxylamine groups is 2. The second-order valence-corrected chi connectivity index (χ2v) is 9.64. The average molecular weight is 516 g/mol. The Morgan fingerprint density at radius 1 is 0.973 bits per heavy atom. The van der Waals surface area contributed by atoms with Gasteiger partial charge in [-0.3, -0.25) is 0 Å². The average Bonchev–Trinajstić information content (AvgIpc) is 2.88. The van der Waals surface area contributed by atoms with Crippen molar-refractivity contribution in [2.24, 2.45) is 0 Å². The van der Waals surface area contributed by atoms with Crippen molar-refractivity contribution >= 4 is 12.0 Å². The van der Waals surface area contributed by atoms with Crippen LogP contribution in [0.4, 0.5) is 10.6 Å². The van der Waals surface area contributed by atoms with Gasteiger partial charge in [-0.25, -0.2) is 19.7 Å². The summed E-state index contributed by atoms with van der Waals surface area (Å²) < 4.78 is 22.8. The van der Waals surface area contributed by atoms with E-state index in [9.17, 15) is 4.79 Å². The number of rotatable bonds is 8. The van der Waals surface area contributed by atoms with Crippen LogP contribution in [0.3, 0.4) is 0 Å². The molecule has 2 aliphatic heterocycles. The fraction of sp³-hybridized carbons (Fsp3) is 0.615. The predicted octanol–water partition coefficient (Wildman–Crippen LogP) is 4.22. The highest BCUT2D eigenvalue weighted by molar-refractivity contribution is 5.59. The summed E-state index contributed by atoms with van der Waals surface area (Å²) in [4.78, 5) is 32.6. The molecule has 0 radical (unpaired) electrons. The first-order valence-corrected chi connectivity index (χ1v) is 12.9. The minimum Gasteiger partial charge on any atom is -0.474 e. The third-order valence-corrected chi connectivity index (χ3v) is 6.53. The van der Waals surface area contributed by atoms with Crippen LogP contribution in [-0.4, -0.2) is 77.8 Å². The summed E-state index contributed by atoms with van der Waals surface area (Å²) in [6.45, 7) is 10.3. The number of methoxy groups -OCH3 is 1. The number of aryl methyl sites for hydroxylation is 1. The molecule has 0 bridgehead atoms. The van der Waals surface area contributed by atoms with Crippen molar-refractivity contribution in [1.82, 2.24) is 20.0 Å². The lowest BCUT2D eigenvalue weighted by molar-refractivity contribution is -0.151. The van der Waals surface area contributed by atoms with Crippen molar-refractivity contribution in [2.75, 3.05) is 38.2 Å². The van der Waals surface area contributed by atoms with E-state index >= 15 is 0 Å². The lowest BCUT2D eigenvalue weighted by atomic mass is 10.1. The maximum atomic E-state index is 11.7. The highest BCUT2D eigenvalue weighted by Gasteiger charge is 2.26. The highest BCUT2D eigenvalue weighted by Crippen LogP contribution is 2.31. The summed E-state index contributed by atoms with van der Waals surface area (Å²) in [6, 6.07) is 3.92. The van der Waals surface area contributed by atoms with Crippen molar-refractivity contribution in [2.45, 2.75) is 71.7 Å². The van der Waals surface area contributed by atoms with Crippen molar-refractivity contribution in [3.8, 4) is 17.5 Å². The summed E-state index contributed by atoms with van der Waals surface area (Å²) in [5, 5.41) is 1.60. The Morgan fingerprint density at radius 3 is 2.30 bits per heavy atom. The van der Waals surface area contributed by atoms with Crippen LogP contribution in [0.2, 0.25) is 0 Å². The molecule has 2 aromatic heterocycles. The minimum absolute atomic E-state index is 0.0626. The van der Waals surface area contributed by atoms with Crippen molar-refractivity contribution in [3.63, 3.8) is 0 Å². The zero-order valence-electron chi connectivity index (χ0n) is 22.3. The van der Waals surface area contributed by atoms with Crippen molar-refractivity contribution < 1.29 is 28.6 Å². The molecule has 0 amide bonds. The van der Waals surface area contributed by atoms with Crippen molar-refractivity contribution in [3.05, 3.63) is 29.7 Å². The largest absolute Gasteiger partial charge is 0.528 e. The van der Waals surface area contributed by atoms with Crippen LogP contribution in [-0.2, 0) is 14.3 Å². The molecule has 11 heteroatoms. The van der Waals surface area contributed by atoms with E-state index in [-0.39, 0.29) is 12.2 Å². The molecule has 0 aromatic carbocycles. The zero-order valence-corrected chi connectivity index (χ0v) is 22.3. The van der Waals surface area contributed by atoms with E-state index in [1.807, 2.05) is 26.0 Å². The van der Waals surface area contributed by atoms with Crippen LogP contribution in [0.1, 0.15) is 50.8 Å². The van der Waals surface area contributed by atoms with Gasteiger partial charge in [0.15, 0.2) is 5.75 Å². The van der Waals surface area contributed by atoms with Gasteiger partial charge in [0.2, 0.25) is 11.8 Å². The molecule has 0 spiro atoms. The van der Waals surface area contributed by atoms with Gasteiger partial charge in [0.25, 0.3) is 0 Å². The Balaban J connectivity index is 1.33. The number of hydrogen-bond acceptors (Lipinski definition) is 11. The molecule has 0 atom stereocenters. The Labute approximate surface area is 218 Å². The number of ether oxygens (including phenoxy) is 4. The first kappa shape index (κ1) is 26.9. The maximum Gasteiger partial charge on any atom is 0.528 e. The van der Waals surface area contributed by atoms with Crippen LogP contribution in [0.25, 0.3) is 0 Å². The van der Waals surface area contributed by atoms with Gasteiger partial charge < -0.3 is 28.7 Å². The molecule has 2 fully saturated rings. The number of anilines is 1. The number of carbonyl (C=O) groups is 1. The molecular formula is C26H37N5O6. The third kappa shape index (κ3) is 7.20. The number of carbonyl (C=O) groups excluding carboxylic acids is 1. The van der Waals surface area contributed by atoms with E-state index in [4.69, 9.17) is 28.8 Å². The first-order chi connectivity index (χ1) is 17.8. The fourth-order valence-electron chi connectivity index (χ4n) is 4.40. The van der Waals surface area contributed by atoms with Gasteiger partial charge in [0.1, 0.15) is 18.2 Å². The van der Waals surface area contributed by atoms with Gasteiger partial charge in [0.05, 0.1) is 23.5 Å². The monoisotopic (exact) mass is 515 g/mol. The van der Waals surface area contributed by atoms with Crippen molar-refractivity contribution in [1.29, 1.82) is 0 Å². The van der Waals surface area contributed by atoms with E-state index in [0.29, 0.717) is 55.1 Å². The molecule has 2 saturated heterocycles. The summed E-state index contributed by atoms with van der Waals surface area (Å²) in [5.41, 5.74) is 1.50. The molecule has 2 aliphatic rings. The van der Waals surface area contributed by atoms with Crippen LogP contribution < -0.4 is 14.4 Å². The standard InChI is InChI=1S/C26H37N5O6/c1-17(2)34-26(32)37-31-14-10-21(11-15-31)35-24-18(3)25(28-16-27-24)36-22-6-7-23(29-19(22)4)30-12-8-20(33-5)9-13-30/h6-7,16-17,20-21H,8-15H2,1-5H3. The highest BCUT2D eigenvalue weighted by atomic mass is 16.8. The molecule has 0 aliphatic carbocycles. The quantitative estimate of drug-likeness (QED) is 0.472. The Hall–Kier alpha value is -3.18. The van der Waals surface area contributed by atoms with Crippen LogP contribution in [0.5, 0.6) is 17.5 Å². The second-order valence-electron chi connectivity index (χ2n) is 9.64. The van der Waals surface area contributed by atoms with Crippen LogP contribution in [0.15, 0.2) is 18.5 Å². The predicted molar refractivity (Wildman–Crippen MR) is 136 cm³/mol. The van der Waals surface area contributed by atoms with Gasteiger partial charge in [-0.05, 0) is 52.7 Å². The van der Waals surface area contributed by atoms with Gasteiger partial charge in [-0.1, -0.05) is 0 Å². The van der Waals surface area contributed by atoms with Gasteiger partial charge in [0, 0.05) is 46.1 Å². The zero-order chi connectivity index (χ0) is 26.4. The third-order valence-electron chi connectivity index (χ3n) is 6.53. The number of hydrogen-bond donors (Lipinski definition) is 0. The Morgan fingerprint density at radius 2 is 1.65 bits per heavy atom. The maximum absolute atomic E-state index is 11.7. The first-order valence-electron chi connectivity index (χ1n) is 12.9. The fourth-order valence-corrected chi connectivity index (χ4v) is 4.40. The lowest BCUT2D eigenvalue weighted by Crippen LogP contribution is -2.40. The molecular weight excluding hydrogens is 478 g/mol. The molecule has 4 rings (SSSR count). The summed E-state index contributed by atoms with van der Waals surface area (Å²) in [6.07, 6.45) is 4.15. The summed E-state index contributed by atoms with van der Waals surface area (Å²) >= 11 is 0. The van der Waals surface area contributed by atoms with E-state index in [2.05, 4.69) is 14.9 Å². The van der Waals surface area contributed by atoms with Gasteiger partial charge in [-0.2, -0.15) is 0 Å². The Bertz CT molecular complexity index is 1050. The number of pyridine rings is 1. The number of nitrogens with zero attached hydrogens (tertiary/aromatic N) is 5. The molecule has 0 unspecified atom stereocenters. The van der Waals surface area contributed by atoms with Gasteiger partial charge >= 0.3 is 6.16 Å². The molecule has 2 aromatic rings. The number of piperidine rings is 2. The molecule has 4 heterocycles. The lowest BCUT2D eigenvalue weighted by Gasteiger charge is -2.32. The Kier molecular flexibility index (Phi) is 8.99. The topological polar surface area (TPSA) is 108 Å². The van der Waals surface area contributed by atoms with Crippen LogP contribution >= 0.6 is 0 Å². The normalized spacial score (nSPS) is 17.6. The minimum atomic E-state index is -0.684. The summed E-state index contributed by atoms with van der Waals surface area (Å²) in [5.74, 6) is 2.49. The summed E-state index contributed by atoms with van der Waals surface area (Å²) in [7, 11) is 1.77. The number of aromatic nitrogens is 3. The SMILES string of the molecule is COC1CCN(c2ccc(Oc3ncnc(OC4CCN(OC(=O)OC(C)C)CC4)c3C)c(C)n2)CC1. The van der Waals surface area contributed by atoms with E-state index in [1.165, 1.54) is 6.33 Å². The molecule has 11 nitrogen and oxygen atoms in total. The smallest absolute Gasteiger partial charge is 0.474 e. The second kappa shape index (κ2) is 12.4. The van der Waals surface area contributed by atoms with E-state index < -0.39 is 6.16 Å². The van der Waals surface area contributed by atoms with Crippen LogP contribution in [0, 0.1) is 13.8 Å². The molecule has 0 N–H and O–H groups in total. The van der Waals surface area contributed by atoms with E-state index in [1.54, 1.807) is 26.0 Å². The van der Waals surface area contributed by atoms with E-state index in [0.717, 1.165) is 37.4 Å². The molecule has 202 valence electrons. The van der Waals surface area contributed by atoms with Gasteiger partial charge in [-0.15, -0.1) is 5.06 Å². The molecule has 0 saturated carbocycles. The molecule has 37 heavy (non-hydrogen) atoms.